The number of amides is 1. The predicted molar refractivity (Wildman–Crippen MR) is 125 cm³/mol. The van der Waals surface area contributed by atoms with Gasteiger partial charge in [-0.3, -0.25) is 14.4 Å². The summed E-state index contributed by atoms with van der Waals surface area (Å²) in [6.07, 6.45) is 0.316. The van der Waals surface area contributed by atoms with Crippen molar-refractivity contribution >= 4 is 23.5 Å². The van der Waals surface area contributed by atoms with Crippen molar-refractivity contribution in [1.29, 1.82) is 0 Å². The summed E-state index contributed by atoms with van der Waals surface area (Å²) in [6.45, 7) is 0. The second-order valence-electron chi connectivity index (χ2n) is 7.60. The van der Waals surface area contributed by atoms with E-state index in [0.717, 1.165) is 0 Å². The maximum absolute atomic E-state index is 12.8. The van der Waals surface area contributed by atoms with Crippen LogP contribution in [0.25, 0.3) is 11.1 Å². The summed E-state index contributed by atoms with van der Waals surface area (Å²) < 4.78 is 22.0. The number of rotatable bonds is 8. The first-order valence-electron chi connectivity index (χ1n) is 10.5. The van der Waals surface area contributed by atoms with Gasteiger partial charge in [0, 0.05) is 12.0 Å². The molecule has 1 amide bonds. The second-order valence-corrected chi connectivity index (χ2v) is 7.98. The lowest BCUT2D eigenvalue weighted by molar-refractivity contribution is -0.138. The van der Waals surface area contributed by atoms with Crippen molar-refractivity contribution in [3.8, 4) is 34.1 Å². The molecule has 9 nitrogen and oxygen atoms in total. The normalized spacial score (nSPS) is 14.2. The van der Waals surface area contributed by atoms with Crippen molar-refractivity contribution in [2.24, 2.45) is 0 Å². The molecule has 0 saturated heterocycles. The summed E-state index contributed by atoms with van der Waals surface area (Å²) >= 11 is 6.74. The Kier molecular flexibility index (Phi) is 7.88. The van der Waals surface area contributed by atoms with Crippen LogP contribution in [0.4, 0.5) is 0 Å². The van der Waals surface area contributed by atoms with Gasteiger partial charge in [-0.15, -0.1) is 0 Å². The topological polar surface area (TPSA) is 120 Å². The number of carbonyl (C=O) groups is 2. The molecule has 1 aliphatic carbocycles. The fourth-order valence-corrected chi connectivity index (χ4v) is 4.53. The van der Waals surface area contributed by atoms with E-state index in [-0.39, 0.29) is 24.0 Å². The van der Waals surface area contributed by atoms with Crippen LogP contribution in [0.3, 0.4) is 0 Å². The minimum absolute atomic E-state index is 0.121. The lowest BCUT2D eigenvalue weighted by Gasteiger charge is -2.21. The predicted octanol–water partition coefficient (Wildman–Crippen LogP) is 3.37. The monoisotopic (exact) mass is 491 g/mol. The Bertz CT molecular complexity index is 1180. The SMILES string of the molecule is COc1c(Cl)c2c(c(OC)c1OC)-c1ccc(OC)c(=O)cc1[C@@H](NC(=O)CCC(=O)O)CC2. The zero-order valence-electron chi connectivity index (χ0n) is 19.3. The quantitative estimate of drug-likeness (QED) is 0.576. The number of hydrogen-bond acceptors (Lipinski definition) is 7. The maximum Gasteiger partial charge on any atom is 0.303 e. The third-order valence-electron chi connectivity index (χ3n) is 5.71. The smallest absolute Gasteiger partial charge is 0.303 e. The van der Waals surface area contributed by atoms with Gasteiger partial charge in [0.1, 0.15) is 0 Å². The number of methoxy groups -OCH3 is 4. The molecule has 3 rings (SSSR count). The summed E-state index contributed by atoms with van der Waals surface area (Å²) in [5.74, 6) is -0.412. The van der Waals surface area contributed by atoms with Crippen LogP contribution in [0.15, 0.2) is 23.0 Å². The van der Waals surface area contributed by atoms with Gasteiger partial charge in [0.2, 0.25) is 17.1 Å². The minimum Gasteiger partial charge on any atom is -0.493 e. The van der Waals surface area contributed by atoms with Crippen molar-refractivity contribution in [3.63, 3.8) is 0 Å². The molecule has 2 aromatic carbocycles. The highest BCUT2D eigenvalue weighted by molar-refractivity contribution is 6.34. The molecule has 0 bridgehead atoms. The molecule has 0 aromatic heterocycles. The van der Waals surface area contributed by atoms with Gasteiger partial charge in [0.25, 0.3) is 0 Å². The number of halogens is 1. The summed E-state index contributed by atoms with van der Waals surface area (Å²) in [6, 6.07) is 4.08. The molecular weight excluding hydrogens is 466 g/mol. The molecule has 34 heavy (non-hydrogen) atoms. The molecule has 0 spiro atoms. The highest BCUT2D eigenvalue weighted by Crippen LogP contribution is 2.54. The molecule has 2 aromatic rings. The van der Waals surface area contributed by atoms with Crippen molar-refractivity contribution in [2.75, 3.05) is 28.4 Å². The molecule has 0 heterocycles. The molecule has 1 aliphatic rings. The maximum atomic E-state index is 12.8. The molecule has 2 N–H and O–H groups in total. The van der Waals surface area contributed by atoms with E-state index in [9.17, 15) is 14.4 Å². The van der Waals surface area contributed by atoms with E-state index in [1.807, 2.05) is 0 Å². The highest BCUT2D eigenvalue weighted by Gasteiger charge is 2.32. The number of hydrogen-bond donors (Lipinski definition) is 2. The Morgan fingerprint density at radius 1 is 1.03 bits per heavy atom. The largest absolute Gasteiger partial charge is 0.493 e. The summed E-state index contributed by atoms with van der Waals surface area (Å²) in [5, 5.41) is 12.1. The number of fused-ring (bicyclic) bond motifs is 3. The van der Waals surface area contributed by atoms with E-state index in [2.05, 4.69) is 5.32 Å². The fourth-order valence-electron chi connectivity index (χ4n) is 4.18. The van der Waals surface area contributed by atoms with Crippen molar-refractivity contribution < 1.29 is 33.6 Å². The van der Waals surface area contributed by atoms with Gasteiger partial charge in [-0.25, -0.2) is 0 Å². The Hall–Kier alpha value is -3.46. The van der Waals surface area contributed by atoms with Crippen LogP contribution in [-0.4, -0.2) is 45.4 Å². The van der Waals surface area contributed by atoms with E-state index in [4.69, 9.17) is 35.7 Å². The summed E-state index contributed by atoms with van der Waals surface area (Å²) in [7, 11) is 5.83. The van der Waals surface area contributed by atoms with Gasteiger partial charge in [0.05, 0.1) is 45.9 Å². The van der Waals surface area contributed by atoms with Gasteiger partial charge in [0.15, 0.2) is 17.2 Å². The molecule has 10 heteroatoms. The summed E-state index contributed by atoms with van der Waals surface area (Å²) in [4.78, 5) is 36.2. The molecule has 1 atom stereocenters. The minimum atomic E-state index is -1.07. The molecular formula is C24H26ClNO8. The zero-order valence-corrected chi connectivity index (χ0v) is 20.1. The zero-order chi connectivity index (χ0) is 25.0. The van der Waals surface area contributed by atoms with E-state index < -0.39 is 17.9 Å². The van der Waals surface area contributed by atoms with Crippen LogP contribution in [0.2, 0.25) is 5.02 Å². The van der Waals surface area contributed by atoms with Crippen molar-refractivity contribution in [1.82, 2.24) is 5.32 Å². The fraction of sp³-hybridized carbons (Fsp3) is 0.375. The Labute approximate surface area is 201 Å². The van der Waals surface area contributed by atoms with Crippen molar-refractivity contribution in [3.05, 3.63) is 44.6 Å². The molecule has 0 unspecified atom stereocenters. The van der Waals surface area contributed by atoms with Crippen LogP contribution in [0.5, 0.6) is 23.0 Å². The number of ether oxygens (including phenoxy) is 4. The van der Waals surface area contributed by atoms with Gasteiger partial charge < -0.3 is 29.4 Å². The number of benzene rings is 1. The number of carboxylic acid groups (broad SMARTS) is 1. The molecule has 182 valence electrons. The van der Waals surface area contributed by atoms with Crippen LogP contribution in [-0.2, 0) is 16.0 Å². The van der Waals surface area contributed by atoms with Gasteiger partial charge in [-0.1, -0.05) is 17.7 Å². The molecule has 0 fully saturated rings. The molecule has 0 radical (unpaired) electrons. The van der Waals surface area contributed by atoms with Crippen LogP contribution in [0.1, 0.15) is 36.4 Å². The van der Waals surface area contributed by atoms with E-state index in [1.54, 1.807) is 12.1 Å². The van der Waals surface area contributed by atoms with Crippen LogP contribution >= 0.6 is 11.6 Å². The van der Waals surface area contributed by atoms with E-state index in [0.29, 0.717) is 57.4 Å². The lowest BCUT2D eigenvalue weighted by atomic mass is 9.95. The Morgan fingerprint density at radius 2 is 1.71 bits per heavy atom. The number of carboxylic acids is 1. The second kappa shape index (κ2) is 10.6. The van der Waals surface area contributed by atoms with Crippen LogP contribution < -0.4 is 29.7 Å². The number of nitrogens with one attached hydrogen (secondary N) is 1. The van der Waals surface area contributed by atoms with E-state index >= 15 is 0 Å². The van der Waals surface area contributed by atoms with E-state index in [1.165, 1.54) is 34.5 Å². The standard InChI is InChI=1S/C24H26ClNO8/c1-31-17-8-6-12-14(11-16(17)27)15(26-18(28)9-10-19(29)30)7-5-13-20(12)22(32-2)24(34-4)23(33-3)21(13)25/h6,8,11,15H,5,7,9-10H2,1-4H3,(H,26,28)(H,29,30)/t15-/m0/s1. The van der Waals surface area contributed by atoms with Gasteiger partial charge in [-0.2, -0.15) is 0 Å². The highest BCUT2D eigenvalue weighted by atomic mass is 35.5. The summed E-state index contributed by atoms with van der Waals surface area (Å²) in [5.41, 5.74) is 2.06. The Morgan fingerprint density at radius 3 is 2.29 bits per heavy atom. The van der Waals surface area contributed by atoms with Gasteiger partial charge >= 0.3 is 5.97 Å². The third-order valence-corrected chi connectivity index (χ3v) is 6.11. The molecule has 0 saturated carbocycles. The number of aliphatic carboxylic acids is 1. The van der Waals surface area contributed by atoms with Crippen LogP contribution in [0, 0.1) is 0 Å². The average molecular weight is 492 g/mol. The average Bonchev–Trinajstić information content (AvgIpc) is 3.06. The van der Waals surface area contributed by atoms with Gasteiger partial charge in [-0.05, 0) is 41.7 Å². The third kappa shape index (κ3) is 4.75. The Balaban J connectivity index is 2.30. The number of carbonyl (C=O) groups excluding carboxylic acids is 1. The first kappa shape index (κ1) is 25.2. The first-order chi connectivity index (χ1) is 16.3. The molecule has 0 aliphatic heterocycles. The van der Waals surface area contributed by atoms with Crippen molar-refractivity contribution in [2.45, 2.75) is 31.7 Å². The lowest BCUT2D eigenvalue weighted by Crippen LogP contribution is -2.29. The first-order valence-corrected chi connectivity index (χ1v) is 10.9.